The first-order chi connectivity index (χ1) is 15.4. The molecule has 3 aromatic heterocycles. The molecule has 0 radical (unpaired) electrons. The molecule has 16 heteroatoms. The summed E-state index contributed by atoms with van der Waals surface area (Å²) >= 11 is 0. The van der Waals surface area contributed by atoms with Gasteiger partial charge in [-0.1, -0.05) is 0 Å². The summed E-state index contributed by atoms with van der Waals surface area (Å²) in [4.78, 5) is 31.4. The monoisotopic (exact) mass is 478 g/mol. The van der Waals surface area contributed by atoms with Gasteiger partial charge < -0.3 is 10.6 Å². The molecule has 0 saturated heterocycles. The lowest BCUT2D eigenvalue weighted by molar-refractivity contribution is -0.144. The van der Waals surface area contributed by atoms with Crippen LogP contribution in [0.5, 0.6) is 0 Å². The molecule has 2 N–H and O–H groups in total. The highest BCUT2D eigenvalue weighted by Crippen LogP contribution is 2.21. The van der Waals surface area contributed by atoms with E-state index >= 15 is 0 Å². The molecule has 10 nitrogen and oxygen atoms in total. The van der Waals surface area contributed by atoms with Gasteiger partial charge in [-0.3, -0.25) is 9.59 Å². The van der Waals surface area contributed by atoms with E-state index in [0.717, 1.165) is 6.33 Å². The molecule has 0 atom stereocenters. The highest BCUT2D eigenvalue weighted by molar-refractivity contribution is 5.90. The lowest BCUT2D eigenvalue weighted by Crippen LogP contribution is -2.29. The highest BCUT2D eigenvalue weighted by Gasteiger charge is 2.31. The predicted molar refractivity (Wildman–Crippen MR) is 97.4 cm³/mol. The molecular formula is C17H16F6N8O2. The number of alkyl halides is 6. The van der Waals surface area contributed by atoms with Gasteiger partial charge in [0.05, 0.1) is 31.1 Å². The fourth-order valence-electron chi connectivity index (χ4n) is 2.67. The standard InChI is InChI=1S/C17H16F6N8O2/c18-16(19,20)2-1-13(32)24-4-10-3-12-29-11(7-30(12)27-5-10)6-25-15(33)14-26-9-28-31(14)8-17(21,22)23/h3,5,7,9H,1-2,4,6,8H2,(H,24,32)(H,25,33). The van der Waals surface area contributed by atoms with Crippen molar-refractivity contribution in [2.75, 3.05) is 0 Å². The van der Waals surface area contributed by atoms with Crippen LogP contribution in [-0.2, 0) is 24.4 Å². The average Bonchev–Trinajstić information content (AvgIpc) is 3.33. The van der Waals surface area contributed by atoms with E-state index in [1.54, 1.807) is 0 Å². The zero-order chi connectivity index (χ0) is 24.2. The van der Waals surface area contributed by atoms with E-state index in [4.69, 9.17) is 0 Å². The van der Waals surface area contributed by atoms with E-state index in [-0.39, 0.29) is 13.1 Å². The maximum Gasteiger partial charge on any atom is 0.408 e. The van der Waals surface area contributed by atoms with E-state index in [1.807, 2.05) is 0 Å². The van der Waals surface area contributed by atoms with Crippen molar-refractivity contribution in [1.29, 1.82) is 0 Å². The van der Waals surface area contributed by atoms with Crippen LogP contribution in [0.2, 0.25) is 0 Å². The highest BCUT2D eigenvalue weighted by atomic mass is 19.4. The molecule has 33 heavy (non-hydrogen) atoms. The number of halogens is 6. The number of carbonyl (C=O) groups excluding carboxylic acids is 2. The van der Waals surface area contributed by atoms with Crippen molar-refractivity contribution in [3.05, 3.63) is 41.9 Å². The van der Waals surface area contributed by atoms with Crippen LogP contribution in [-0.4, -0.2) is 53.5 Å². The van der Waals surface area contributed by atoms with E-state index in [1.165, 1.54) is 23.0 Å². The summed E-state index contributed by atoms with van der Waals surface area (Å²) < 4.78 is 75.9. The summed E-state index contributed by atoms with van der Waals surface area (Å²) in [6.45, 7) is -1.68. The summed E-state index contributed by atoms with van der Waals surface area (Å²) in [6, 6.07) is 1.53. The van der Waals surface area contributed by atoms with Crippen molar-refractivity contribution < 1.29 is 35.9 Å². The number of amides is 2. The first-order valence-electron chi connectivity index (χ1n) is 9.29. The van der Waals surface area contributed by atoms with Gasteiger partial charge in [0.2, 0.25) is 11.7 Å². The van der Waals surface area contributed by atoms with Crippen LogP contribution in [0.4, 0.5) is 26.3 Å². The Kier molecular flexibility index (Phi) is 6.83. The van der Waals surface area contributed by atoms with E-state index in [0.29, 0.717) is 21.6 Å². The quantitative estimate of drug-likeness (QED) is 0.477. The van der Waals surface area contributed by atoms with Gasteiger partial charge in [-0.15, -0.1) is 0 Å². The Morgan fingerprint density at radius 1 is 1.00 bits per heavy atom. The molecule has 0 unspecified atom stereocenters. The third-order valence-corrected chi connectivity index (χ3v) is 4.13. The van der Waals surface area contributed by atoms with Gasteiger partial charge >= 0.3 is 12.4 Å². The van der Waals surface area contributed by atoms with Crippen LogP contribution in [0.15, 0.2) is 24.8 Å². The Morgan fingerprint density at radius 3 is 2.45 bits per heavy atom. The Morgan fingerprint density at radius 2 is 1.76 bits per heavy atom. The van der Waals surface area contributed by atoms with Gasteiger partial charge in [-0.2, -0.15) is 36.5 Å². The first-order valence-corrected chi connectivity index (χ1v) is 9.29. The molecular weight excluding hydrogens is 462 g/mol. The molecule has 0 aliphatic rings. The lowest BCUT2D eigenvalue weighted by atomic mass is 10.2. The van der Waals surface area contributed by atoms with Crippen LogP contribution in [0.3, 0.4) is 0 Å². The Balaban J connectivity index is 1.57. The third-order valence-electron chi connectivity index (χ3n) is 4.13. The topological polar surface area (TPSA) is 119 Å². The van der Waals surface area contributed by atoms with Crippen molar-refractivity contribution in [3.63, 3.8) is 0 Å². The number of hydrogen-bond donors (Lipinski definition) is 2. The SMILES string of the molecule is O=C(CCC(F)(F)F)NCc1cnn2cc(CNC(=O)c3ncnn3CC(F)(F)F)nc2c1. The first kappa shape index (κ1) is 23.9. The zero-order valence-electron chi connectivity index (χ0n) is 16.6. The van der Waals surface area contributed by atoms with Crippen LogP contribution < -0.4 is 10.6 Å². The van der Waals surface area contributed by atoms with Gasteiger partial charge in [-0.25, -0.2) is 19.2 Å². The summed E-state index contributed by atoms with van der Waals surface area (Å²) in [5.41, 5.74) is 1.12. The van der Waals surface area contributed by atoms with Crippen molar-refractivity contribution in [1.82, 2.24) is 40.0 Å². The van der Waals surface area contributed by atoms with Crippen LogP contribution in [0, 0.1) is 0 Å². The Labute approximate surface area is 181 Å². The number of nitrogens with zero attached hydrogens (tertiary/aromatic N) is 6. The summed E-state index contributed by atoms with van der Waals surface area (Å²) in [7, 11) is 0. The van der Waals surface area contributed by atoms with Crippen molar-refractivity contribution in [2.45, 2.75) is 44.8 Å². The number of imidazole rings is 1. The zero-order valence-corrected chi connectivity index (χ0v) is 16.6. The second kappa shape index (κ2) is 9.41. The summed E-state index contributed by atoms with van der Waals surface area (Å²) in [5.74, 6) is -2.17. The minimum Gasteiger partial charge on any atom is -0.352 e. The Bertz CT molecular complexity index is 1140. The fraction of sp³-hybridized carbons (Fsp3) is 0.412. The number of carbonyl (C=O) groups is 2. The second-order valence-electron chi connectivity index (χ2n) is 6.83. The molecule has 0 aliphatic carbocycles. The number of rotatable bonds is 8. The van der Waals surface area contributed by atoms with E-state index in [2.05, 4.69) is 30.8 Å². The number of hydrogen-bond acceptors (Lipinski definition) is 6. The van der Waals surface area contributed by atoms with Crippen LogP contribution >= 0.6 is 0 Å². The largest absolute Gasteiger partial charge is 0.408 e. The average molecular weight is 478 g/mol. The molecule has 0 saturated carbocycles. The number of aromatic nitrogens is 6. The molecule has 0 fully saturated rings. The minimum absolute atomic E-state index is 0.0615. The van der Waals surface area contributed by atoms with Crippen molar-refractivity contribution in [2.24, 2.45) is 0 Å². The van der Waals surface area contributed by atoms with Gasteiger partial charge in [0.15, 0.2) is 5.65 Å². The van der Waals surface area contributed by atoms with E-state index < -0.39 is 49.4 Å². The van der Waals surface area contributed by atoms with Gasteiger partial charge in [0.25, 0.3) is 5.91 Å². The van der Waals surface area contributed by atoms with Crippen LogP contribution in [0.25, 0.3) is 5.65 Å². The normalized spacial score (nSPS) is 12.2. The molecule has 0 spiro atoms. The fourth-order valence-corrected chi connectivity index (χ4v) is 2.67. The maximum absolute atomic E-state index is 12.5. The van der Waals surface area contributed by atoms with Gasteiger partial charge in [0, 0.05) is 13.0 Å². The second-order valence-corrected chi connectivity index (χ2v) is 6.83. The third kappa shape index (κ3) is 7.15. The van der Waals surface area contributed by atoms with Gasteiger partial charge in [-0.05, 0) is 11.6 Å². The van der Waals surface area contributed by atoms with Gasteiger partial charge in [0.1, 0.15) is 12.9 Å². The summed E-state index contributed by atoms with van der Waals surface area (Å²) in [5, 5.41) is 12.2. The summed E-state index contributed by atoms with van der Waals surface area (Å²) in [6.07, 6.45) is -7.25. The van der Waals surface area contributed by atoms with Crippen LogP contribution in [0.1, 0.15) is 34.7 Å². The Hall–Kier alpha value is -3.72. The molecule has 3 aromatic rings. The number of fused-ring (bicyclic) bond motifs is 1. The number of nitrogens with one attached hydrogen (secondary N) is 2. The van der Waals surface area contributed by atoms with Crippen molar-refractivity contribution in [3.8, 4) is 0 Å². The predicted octanol–water partition coefficient (Wildman–Crippen LogP) is 1.77. The minimum atomic E-state index is -4.58. The lowest BCUT2D eigenvalue weighted by Gasteiger charge is -2.08. The van der Waals surface area contributed by atoms with Crippen molar-refractivity contribution >= 4 is 17.5 Å². The molecule has 0 bridgehead atoms. The molecule has 0 aliphatic heterocycles. The molecule has 3 heterocycles. The maximum atomic E-state index is 12.5. The molecule has 0 aromatic carbocycles. The molecule has 2 amide bonds. The molecule has 3 rings (SSSR count). The molecule has 178 valence electrons. The smallest absolute Gasteiger partial charge is 0.352 e. The van der Waals surface area contributed by atoms with E-state index in [9.17, 15) is 35.9 Å².